The minimum atomic E-state index is -0.384. The van der Waals surface area contributed by atoms with Gasteiger partial charge >= 0.3 is 0 Å². The summed E-state index contributed by atoms with van der Waals surface area (Å²) < 4.78 is 0. The number of hydrogen-bond acceptors (Lipinski definition) is 1. The van der Waals surface area contributed by atoms with Crippen LogP contribution in [-0.2, 0) is 0 Å². The van der Waals surface area contributed by atoms with Gasteiger partial charge in [0.1, 0.15) is 0 Å². The largest absolute Gasteiger partial charge is 0.388 e. The highest BCUT2D eigenvalue weighted by molar-refractivity contribution is 5.20. The van der Waals surface area contributed by atoms with Gasteiger partial charge in [-0.25, -0.2) is 0 Å². The van der Waals surface area contributed by atoms with Gasteiger partial charge in [0.05, 0.1) is 6.10 Å². The Kier molecular flexibility index (Phi) is 7.56. The average molecular weight is 234 g/mol. The fourth-order valence-corrected chi connectivity index (χ4v) is 1.40. The van der Waals surface area contributed by atoms with Crippen molar-refractivity contribution in [1.29, 1.82) is 0 Å². The topological polar surface area (TPSA) is 20.2 Å². The van der Waals surface area contributed by atoms with Crippen LogP contribution in [0.1, 0.15) is 41.0 Å². The predicted octanol–water partition coefficient (Wildman–Crippen LogP) is 4.42. The summed E-state index contributed by atoms with van der Waals surface area (Å²) in [5, 5.41) is 9.96. The van der Waals surface area contributed by atoms with E-state index in [9.17, 15) is 5.11 Å². The maximum absolute atomic E-state index is 9.96. The average Bonchev–Trinajstić information content (AvgIpc) is 2.31. The molecule has 0 fully saturated rings. The molecule has 0 rings (SSSR count). The van der Waals surface area contributed by atoms with E-state index >= 15 is 0 Å². The van der Waals surface area contributed by atoms with Crippen molar-refractivity contribution in [2.45, 2.75) is 47.1 Å². The van der Waals surface area contributed by atoms with Crippen molar-refractivity contribution < 1.29 is 5.11 Å². The van der Waals surface area contributed by atoms with Crippen molar-refractivity contribution in [3.05, 3.63) is 47.6 Å². The molecular formula is C16H26O. The first-order chi connectivity index (χ1) is 7.88. The summed E-state index contributed by atoms with van der Waals surface area (Å²) >= 11 is 0. The molecule has 1 nitrogen and oxygen atoms in total. The summed E-state index contributed by atoms with van der Waals surface area (Å²) in [6.07, 6.45) is 8.77. The van der Waals surface area contributed by atoms with Gasteiger partial charge in [-0.3, -0.25) is 0 Å². The third kappa shape index (κ3) is 6.96. The van der Waals surface area contributed by atoms with Crippen LogP contribution in [-0.4, -0.2) is 11.2 Å². The third-order valence-electron chi connectivity index (χ3n) is 2.86. The number of aliphatic hydroxyl groups is 1. The van der Waals surface area contributed by atoms with Crippen LogP contribution in [0.3, 0.4) is 0 Å². The molecule has 0 aliphatic rings. The molecule has 0 saturated heterocycles. The lowest BCUT2D eigenvalue weighted by Gasteiger charge is -2.15. The zero-order valence-corrected chi connectivity index (χ0v) is 11.8. The van der Waals surface area contributed by atoms with Gasteiger partial charge in [0.25, 0.3) is 0 Å². The lowest BCUT2D eigenvalue weighted by molar-refractivity contribution is 0.173. The molecule has 0 aromatic rings. The van der Waals surface area contributed by atoms with E-state index in [0.29, 0.717) is 0 Å². The monoisotopic (exact) mass is 234 g/mol. The van der Waals surface area contributed by atoms with E-state index in [1.54, 1.807) is 0 Å². The van der Waals surface area contributed by atoms with Gasteiger partial charge < -0.3 is 5.11 Å². The van der Waals surface area contributed by atoms with Crippen LogP contribution in [0.4, 0.5) is 0 Å². The van der Waals surface area contributed by atoms with Crippen LogP contribution in [0.15, 0.2) is 47.6 Å². The fourth-order valence-electron chi connectivity index (χ4n) is 1.40. The van der Waals surface area contributed by atoms with E-state index in [0.717, 1.165) is 17.6 Å². The molecule has 0 amide bonds. The summed E-state index contributed by atoms with van der Waals surface area (Å²) in [4.78, 5) is 0. The Hall–Kier alpha value is -1.08. The lowest BCUT2D eigenvalue weighted by atomic mass is 9.97. The second-order valence-corrected chi connectivity index (χ2v) is 4.81. The SMILES string of the molecule is C=C(C)CC=C(C)C=CC(C)C(O)C(C)=CC. The van der Waals surface area contributed by atoms with Crippen molar-refractivity contribution in [3.8, 4) is 0 Å². The summed E-state index contributed by atoms with van der Waals surface area (Å²) in [5.74, 6) is 0.138. The van der Waals surface area contributed by atoms with Gasteiger partial charge in [-0.1, -0.05) is 49.0 Å². The van der Waals surface area contributed by atoms with Gasteiger partial charge in [0, 0.05) is 5.92 Å². The van der Waals surface area contributed by atoms with Crippen LogP contribution in [0, 0.1) is 5.92 Å². The van der Waals surface area contributed by atoms with Gasteiger partial charge in [-0.2, -0.15) is 0 Å². The zero-order chi connectivity index (χ0) is 13.4. The lowest BCUT2D eigenvalue weighted by Crippen LogP contribution is -2.16. The molecule has 2 unspecified atom stereocenters. The third-order valence-corrected chi connectivity index (χ3v) is 2.86. The van der Waals surface area contributed by atoms with Crippen molar-refractivity contribution in [2.24, 2.45) is 5.92 Å². The quantitative estimate of drug-likeness (QED) is 0.533. The highest BCUT2D eigenvalue weighted by atomic mass is 16.3. The number of aliphatic hydroxyl groups excluding tert-OH is 1. The Balaban J connectivity index is 4.42. The van der Waals surface area contributed by atoms with Gasteiger partial charge in [0.2, 0.25) is 0 Å². The van der Waals surface area contributed by atoms with Crippen LogP contribution < -0.4 is 0 Å². The van der Waals surface area contributed by atoms with Crippen LogP contribution in [0.5, 0.6) is 0 Å². The molecule has 0 bridgehead atoms. The maximum atomic E-state index is 9.96. The molecule has 0 spiro atoms. The van der Waals surface area contributed by atoms with Gasteiger partial charge in [-0.15, -0.1) is 0 Å². The van der Waals surface area contributed by atoms with E-state index in [-0.39, 0.29) is 12.0 Å². The second-order valence-electron chi connectivity index (χ2n) is 4.81. The summed E-state index contributed by atoms with van der Waals surface area (Å²) in [6, 6.07) is 0. The Morgan fingerprint density at radius 2 is 1.88 bits per heavy atom. The molecular weight excluding hydrogens is 208 g/mol. The predicted molar refractivity (Wildman–Crippen MR) is 76.9 cm³/mol. The minimum Gasteiger partial charge on any atom is -0.388 e. The highest BCUT2D eigenvalue weighted by Crippen LogP contribution is 2.14. The summed E-state index contributed by atoms with van der Waals surface area (Å²) in [5.41, 5.74) is 3.39. The van der Waals surface area contributed by atoms with Crippen LogP contribution >= 0.6 is 0 Å². The smallest absolute Gasteiger partial charge is 0.0807 e. The molecule has 0 aromatic heterocycles. The number of hydrogen-bond donors (Lipinski definition) is 1. The van der Waals surface area contributed by atoms with Crippen molar-refractivity contribution in [3.63, 3.8) is 0 Å². The van der Waals surface area contributed by atoms with E-state index in [2.05, 4.69) is 31.7 Å². The molecule has 2 atom stereocenters. The summed E-state index contributed by atoms with van der Waals surface area (Å²) in [6.45, 7) is 13.9. The zero-order valence-electron chi connectivity index (χ0n) is 11.8. The molecule has 0 aliphatic heterocycles. The molecule has 0 saturated carbocycles. The maximum Gasteiger partial charge on any atom is 0.0807 e. The fraction of sp³-hybridized carbons (Fsp3) is 0.500. The Morgan fingerprint density at radius 1 is 1.29 bits per heavy atom. The standard InChI is InChI=1S/C16H26O/c1-7-14(5)16(17)15(6)11-10-13(4)9-8-12(2)3/h7,9-11,15-17H,2,8H2,1,3-6H3. The minimum absolute atomic E-state index is 0.138. The molecule has 0 aromatic carbocycles. The van der Waals surface area contributed by atoms with Gasteiger partial charge in [0.15, 0.2) is 0 Å². The molecule has 1 heteroatoms. The molecule has 96 valence electrons. The molecule has 0 aliphatic carbocycles. The number of allylic oxidation sites excluding steroid dienone is 5. The van der Waals surface area contributed by atoms with Crippen LogP contribution in [0.2, 0.25) is 0 Å². The highest BCUT2D eigenvalue weighted by Gasteiger charge is 2.11. The Bertz CT molecular complexity index is 331. The second kappa shape index (κ2) is 8.08. The normalized spacial score (nSPS) is 17.3. The van der Waals surface area contributed by atoms with Crippen molar-refractivity contribution in [2.75, 3.05) is 0 Å². The van der Waals surface area contributed by atoms with Crippen molar-refractivity contribution in [1.82, 2.24) is 0 Å². The van der Waals surface area contributed by atoms with E-state index in [1.165, 1.54) is 5.57 Å². The first-order valence-electron chi connectivity index (χ1n) is 6.18. The number of rotatable bonds is 6. The molecule has 0 radical (unpaired) electrons. The van der Waals surface area contributed by atoms with Gasteiger partial charge in [-0.05, 0) is 39.7 Å². The Morgan fingerprint density at radius 3 is 2.35 bits per heavy atom. The molecule has 1 N–H and O–H groups in total. The summed E-state index contributed by atoms with van der Waals surface area (Å²) in [7, 11) is 0. The molecule has 17 heavy (non-hydrogen) atoms. The van der Waals surface area contributed by atoms with E-state index < -0.39 is 0 Å². The van der Waals surface area contributed by atoms with Crippen LogP contribution in [0.25, 0.3) is 0 Å². The van der Waals surface area contributed by atoms with Crippen molar-refractivity contribution >= 4 is 0 Å². The van der Waals surface area contributed by atoms with E-state index in [1.807, 2.05) is 33.8 Å². The first-order valence-corrected chi connectivity index (χ1v) is 6.18. The Labute approximate surface area is 106 Å². The molecule has 0 heterocycles. The first kappa shape index (κ1) is 15.9. The van der Waals surface area contributed by atoms with E-state index in [4.69, 9.17) is 0 Å².